The first-order valence-electron chi connectivity index (χ1n) is 5.53. The predicted octanol–water partition coefficient (Wildman–Crippen LogP) is 2.61. The van der Waals surface area contributed by atoms with E-state index < -0.39 is 0 Å². The number of rotatable bonds is 1. The molecule has 1 saturated heterocycles. The number of hydrogen-bond donors (Lipinski definition) is 1. The van der Waals surface area contributed by atoms with Gasteiger partial charge in [0.25, 0.3) is 0 Å². The molecule has 0 bridgehead atoms. The van der Waals surface area contributed by atoms with Crippen LogP contribution in [0.25, 0.3) is 0 Å². The first-order valence-corrected chi connectivity index (χ1v) is 5.53. The normalized spacial score (nSPS) is 23.1. The van der Waals surface area contributed by atoms with E-state index >= 15 is 0 Å². The topological polar surface area (TPSA) is 15.3 Å². The summed E-state index contributed by atoms with van der Waals surface area (Å²) in [5.41, 5.74) is 1.57. The van der Waals surface area contributed by atoms with Crippen molar-refractivity contribution in [2.75, 3.05) is 11.6 Å². The summed E-state index contributed by atoms with van der Waals surface area (Å²) in [5, 5.41) is 3.56. The lowest BCUT2D eigenvalue weighted by atomic mass is 9.83. The smallest absolute Gasteiger partial charge is 0.0693 e. The van der Waals surface area contributed by atoms with Crippen molar-refractivity contribution in [3.8, 4) is 0 Å². The molecule has 0 unspecified atom stereocenters. The summed E-state index contributed by atoms with van der Waals surface area (Å²) in [7, 11) is 0. The minimum absolute atomic E-state index is 0.133. The van der Waals surface area contributed by atoms with Gasteiger partial charge in [-0.1, -0.05) is 18.2 Å². The molecule has 1 aliphatic rings. The average molecular weight is 204 g/mol. The van der Waals surface area contributed by atoms with Gasteiger partial charge in [0.1, 0.15) is 0 Å². The van der Waals surface area contributed by atoms with E-state index in [1.165, 1.54) is 5.69 Å². The summed E-state index contributed by atoms with van der Waals surface area (Å²) in [5.74, 6) is 0. The second kappa shape index (κ2) is 3.24. The molecule has 0 radical (unpaired) electrons. The zero-order valence-corrected chi connectivity index (χ0v) is 10.0. The number of para-hydroxylation sites is 1. The third kappa shape index (κ3) is 1.53. The maximum absolute atomic E-state index is 3.56. The summed E-state index contributed by atoms with van der Waals surface area (Å²) in [4.78, 5) is 2.42. The van der Waals surface area contributed by atoms with Crippen LogP contribution in [0.5, 0.6) is 0 Å². The van der Waals surface area contributed by atoms with Crippen molar-refractivity contribution >= 4 is 5.69 Å². The van der Waals surface area contributed by atoms with Crippen LogP contribution in [0.15, 0.2) is 30.3 Å². The second-order valence-electron chi connectivity index (χ2n) is 5.28. The highest BCUT2D eigenvalue weighted by Gasteiger charge is 2.46. The zero-order valence-electron chi connectivity index (χ0n) is 10.0. The van der Waals surface area contributed by atoms with Crippen molar-refractivity contribution in [3.05, 3.63) is 30.3 Å². The molecule has 15 heavy (non-hydrogen) atoms. The number of nitrogens with one attached hydrogen (secondary N) is 1. The third-order valence-corrected chi connectivity index (χ3v) is 3.95. The minimum atomic E-state index is 0.133. The Labute approximate surface area is 92.3 Å². The molecule has 1 N–H and O–H groups in total. The highest BCUT2D eigenvalue weighted by Crippen LogP contribution is 2.36. The lowest BCUT2D eigenvalue weighted by Gasteiger charge is -2.41. The molecule has 2 rings (SSSR count). The van der Waals surface area contributed by atoms with Crippen molar-refractivity contribution in [2.24, 2.45) is 0 Å². The molecular formula is C13H20N2. The fourth-order valence-corrected chi connectivity index (χ4v) is 2.05. The van der Waals surface area contributed by atoms with Gasteiger partial charge in [-0.05, 0) is 39.8 Å². The Morgan fingerprint density at radius 2 is 1.67 bits per heavy atom. The molecule has 1 heterocycles. The van der Waals surface area contributed by atoms with Gasteiger partial charge in [0.2, 0.25) is 0 Å². The molecule has 1 aliphatic heterocycles. The van der Waals surface area contributed by atoms with Gasteiger partial charge >= 0.3 is 0 Å². The Bertz CT molecular complexity index is 341. The van der Waals surface area contributed by atoms with Crippen LogP contribution in [-0.2, 0) is 0 Å². The Kier molecular flexibility index (Phi) is 2.27. The van der Waals surface area contributed by atoms with Gasteiger partial charge in [-0.3, -0.25) is 5.32 Å². The number of benzene rings is 1. The van der Waals surface area contributed by atoms with Crippen molar-refractivity contribution < 1.29 is 0 Å². The van der Waals surface area contributed by atoms with E-state index in [1.54, 1.807) is 0 Å². The molecule has 2 nitrogen and oxygen atoms in total. The van der Waals surface area contributed by atoms with E-state index in [1.807, 2.05) is 0 Å². The van der Waals surface area contributed by atoms with Crippen LogP contribution in [-0.4, -0.2) is 17.7 Å². The van der Waals surface area contributed by atoms with Crippen molar-refractivity contribution in [1.82, 2.24) is 5.32 Å². The van der Waals surface area contributed by atoms with Gasteiger partial charge in [-0.25, -0.2) is 0 Å². The van der Waals surface area contributed by atoms with Crippen LogP contribution in [0.4, 0.5) is 5.69 Å². The van der Waals surface area contributed by atoms with Crippen molar-refractivity contribution in [2.45, 2.75) is 38.8 Å². The van der Waals surface area contributed by atoms with Crippen LogP contribution in [0.1, 0.15) is 27.7 Å². The standard InChI is InChI=1S/C13H20N2/c1-12(2)13(3,4)15(10-14-12)11-8-6-5-7-9-11/h5-9,14H,10H2,1-4H3. The van der Waals surface area contributed by atoms with E-state index in [0.717, 1.165) is 6.67 Å². The van der Waals surface area contributed by atoms with Gasteiger partial charge in [0, 0.05) is 11.2 Å². The van der Waals surface area contributed by atoms with Gasteiger partial charge in [-0.15, -0.1) is 0 Å². The van der Waals surface area contributed by atoms with Crippen LogP contribution in [0, 0.1) is 0 Å². The first kappa shape index (κ1) is 10.5. The van der Waals surface area contributed by atoms with E-state index in [9.17, 15) is 0 Å². The largest absolute Gasteiger partial charge is 0.352 e. The molecule has 0 amide bonds. The van der Waals surface area contributed by atoms with Crippen LogP contribution in [0.2, 0.25) is 0 Å². The Balaban J connectivity index is 2.34. The molecule has 82 valence electrons. The summed E-state index contributed by atoms with van der Waals surface area (Å²) < 4.78 is 0. The van der Waals surface area contributed by atoms with Gasteiger partial charge in [-0.2, -0.15) is 0 Å². The maximum atomic E-state index is 3.56. The highest BCUT2D eigenvalue weighted by molar-refractivity contribution is 5.51. The third-order valence-electron chi connectivity index (χ3n) is 3.95. The molecular weight excluding hydrogens is 184 g/mol. The SMILES string of the molecule is CC1(C)NCN(c2ccccc2)C1(C)C. The maximum Gasteiger partial charge on any atom is 0.0693 e. The van der Waals surface area contributed by atoms with Gasteiger partial charge < -0.3 is 4.90 Å². The Morgan fingerprint density at radius 3 is 2.13 bits per heavy atom. The molecule has 0 aliphatic carbocycles. The molecule has 0 spiro atoms. The number of hydrogen-bond acceptors (Lipinski definition) is 2. The molecule has 0 atom stereocenters. The molecule has 1 fully saturated rings. The zero-order chi connectivity index (χ0) is 11.1. The summed E-state index contributed by atoms with van der Waals surface area (Å²) >= 11 is 0. The van der Waals surface area contributed by atoms with E-state index in [4.69, 9.17) is 0 Å². The molecule has 1 aromatic carbocycles. The summed E-state index contributed by atoms with van der Waals surface area (Å²) in [6.45, 7) is 10.0. The summed E-state index contributed by atoms with van der Waals surface area (Å²) in [6, 6.07) is 10.6. The number of nitrogens with zero attached hydrogens (tertiary/aromatic N) is 1. The van der Waals surface area contributed by atoms with Crippen LogP contribution in [0.3, 0.4) is 0 Å². The van der Waals surface area contributed by atoms with Crippen LogP contribution < -0.4 is 10.2 Å². The quantitative estimate of drug-likeness (QED) is 0.756. The van der Waals surface area contributed by atoms with Gasteiger partial charge in [0.15, 0.2) is 0 Å². The fourth-order valence-electron chi connectivity index (χ4n) is 2.05. The van der Waals surface area contributed by atoms with E-state index in [-0.39, 0.29) is 11.1 Å². The van der Waals surface area contributed by atoms with E-state index in [2.05, 4.69) is 68.2 Å². The van der Waals surface area contributed by atoms with Crippen LogP contribution >= 0.6 is 0 Å². The van der Waals surface area contributed by atoms with Crippen molar-refractivity contribution in [3.63, 3.8) is 0 Å². The molecule has 0 aromatic heterocycles. The Morgan fingerprint density at radius 1 is 1.07 bits per heavy atom. The predicted molar refractivity (Wildman–Crippen MR) is 65.1 cm³/mol. The highest BCUT2D eigenvalue weighted by atomic mass is 15.4. The first-order chi connectivity index (χ1) is 6.95. The number of anilines is 1. The molecule has 1 aromatic rings. The Hall–Kier alpha value is -1.02. The summed E-state index contributed by atoms with van der Waals surface area (Å²) in [6.07, 6.45) is 0. The molecule has 0 saturated carbocycles. The van der Waals surface area contributed by atoms with E-state index in [0.29, 0.717) is 0 Å². The molecule has 2 heteroatoms. The van der Waals surface area contributed by atoms with Gasteiger partial charge in [0.05, 0.1) is 12.2 Å². The second-order valence-corrected chi connectivity index (χ2v) is 5.28. The minimum Gasteiger partial charge on any atom is -0.352 e. The van der Waals surface area contributed by atoms with Crippen molar-refractivity contribution in [1.29, 1.82) is 0 Å². The monoisotopic (exact) mass is 204 g/mol. The lowest BCUT2D eigenvalue weighted by Crippen LogP contribution is -2.53. The fraction of sp³-hybridized carbons (Fsp3) is 0.538. The average Bonchev–Trinajstić information content (AvgIpc) is 2.39. The lowest BCUT2D eigenvalue weighted by molar-refractivity contribution is 0.316.